The molecule has 23 heavy (non-hydrogen) atoms. The van der Waals surface area contributed by atoms with E-state index < -0.39 is 0 Å². The number of ether oxygens (including phenoxy) is 1. The topological polar surface area (TPSA) is 45.7 Å². The molecule has 124 valence electrons. The summed E-state index contributed by atoms with van der Waals surface area (Å²) >= 11 is 1.74. The van der Waals surface area contributed by atoms with Crippen molar-refractivity contribution in [1.29, 1.82) is 0 Å². The summed E-state index contributed by atoms with van der Waals surface area (Å²) in [7, 11) is 1.79. The number of nitrogens with zero attached hydrogens (tertiary/aromatic N) is 1. The average molecular weight is 331 g/mol. The molecule has 2 atom stereocenters. The standard InChI is InChI=1S/C18H25N3OS/c1-4-15(22-16-9-6-5-7-10-16)13-20-18(19-3)21-14(2)17-11-8-12-23-17/h5-12,14-15H,4,13H2,1-3H3,(H2,19,20,21). The highest BCUT2D eigenvalue weighted by Gasteiger charge is 2.12. The van der Waals surface area contributed by atoms with Gasteiger partial charge in [-0.15, -0.1) is 11.3 Å². The Morgan fingerprint density at radius 3 is 2.61 bits per heavy atom. The molecule has 2 N–H and O–H groups in total. The Hall–Kier alpha value is -2.01. The van der Waals surface area contributed by atoms with Crippen molar-refractivity contribution < 1.29 is 4.74 Å². The van der Waals surface area contributed by atoms with Crippen molar-refractivity contribution in [3.63, 3.8) is 0 Å². The van der Waals surface area contributed by atoms with Crippen molar-refractivity contribution in [2.24, 2.45) is 4.99 Å². The van der Waals surface area contributed by atoms with Crippen LogP contribution in [0, 0.1) is 0 Å². The first-order valence-electron chi connectivity index (χ1n) is 7.95. The lowest BCUT2D eigenvalue weighted by molar-refractivity contribution is 0.199. The summed E-state index contributed by atoms with van der Waals surface area (Å²) in [5, 5.41) is 8.85. The van der Waals surface area contributed by atoms with Gasteiger partial charge in [-0.3, -0.25) is 4.99 Å². The molecule has 2 aromatic rings. The van der Waals surface area contributed by atoms with E-state index in [1.165, 1.54) is 4.88 Å². The van der Waals surface area contributed by atoms with Crippen LogP contribution in [-0.4, -0.2) is 25.7 Å². The van der Waals surface area contributed by atoms with Gasteiger partial charge in [0.1, 0.15) is 11.9 Å². The number of hydrogen-bond donors (Lipinski definition) is 2. The molecule has 0 aliphatic heterocycles. The smallest absolute Gasteiger partial charge is 0.191 e. The Kier molecular flexibility index (Phi) is 6.94. The Balaban J connectivity index is 1.84. The summed E-state index contributed by atoms with van der Waals surface area (Å²) in [6.45, 7) is 4.97. The summed E-state index contributed by atoms with van der Waals surface area (Å²) < 4.78 is 5.99. The number of benzene rings is 1. The minimum atomic E-state index is 0.105. The van der Waals surface area contributed by atoms with E-state index in [-0.39, 0.29) is 12.1 Å². The quantitative estimate of drug-likeness (QED) is 0.599. The molecule has 0 saturated heterocycles. The first kappa shape index (κ1) is 17.3. The van der Waals surface area contributed by atoms with Gasteiger partial charge in [-0.2, -0.15) is 0 Å². The number of rotatable bonds is 7. The van der Waals surface area contributed by atoms with Gasteiger partial charge in [-0.25, -0.2) is 0 Å². The van der Waals surface area contributed by atoms with E-state index in [1.54, 1.807) is 18.4 Å². The molecule has 1 aromatic carbocycles. The summed E-state index contributed by atoms with van der Waals surface area (Å²) in [6.07, 6.45) is 1.03. The fourth-order valence-electron chi connectivity index (χ4n) is 2.18. The van der Waals surface area contributed by atoms with E-state index in [1.807, 2.05) is 30.3 Å². The van der Waals surface area contributed by atoms with Crippen LogP contribution in [0.1, 0.15) is 31.2 Å². The van der Waals surface area contributed by atoms with E-state index in [0.29, 0.717) is 6.54 Å². The molecule has 2 unspecified atom stereocenters. The zero-order chi connectivity index (χ0) is 16.5. The van der Waals surface area contributed by atoms with E-state index in [4.69, 9.17) is 4.74 Å². The highest BCUT2D eigenvalue weighted by molar-refractivity contribution is 7.10. The Bertz CT molecular complexity index is 584. The molecule has 1 aromatic heterocycles. The lowest BCUT2D eigenvalue weighted by Gasteiger charge is -2.21. The number of hydrogen-bond acceptors (Lipinski definition) is 3. The van der Waals surface area contributed by atoms with Crippen LogP contribution < -0.4 is 15.4 Å². The van der Waals surface area contributed by atoms with Crippen LogP contribution in [0.3, 0.4) is 0 Å². The minimum Gasteiger partial charge on any atom is -0.489 e. The van der Waals surface area contributed by atoms with Gasteiger partial charge in [0.05, 0.1) is 12.6 Å². The molecule has 0 saturated carbocycles. The third kappa shape index (κ3) is 5.60. The van der Waals surface area contributed by atoms with Crippen molar-refractivity contribution >= 4 is 17.3 Å². The van der Waals surface area contributed by atoms with E-state index in [9.17, 15) is 0 Å². The Labute approximate surface area is 142 Å². The normalized spacial score (nSPS) is 14.1. The van der Waals surface area contributed by atoms with Gasteiger partial charge in [0.2, 0.25) is 0 Å². The second-order valence-corrected chi connectivity index (χ2v) is 6.27. The molecular weight excluding hydrogens is 306 g/mol. The fourth-order valence-corrected chi connectivity index (χ4v) is 2.91. The molecule has 0 aliphatic rings. The van der Waals surface area contributed by atoms with Gasteiger partial charge in [0, 0.05) is 11.9 Å². The fraction of sp³-hybridized carbons (Fsp3) is 0.389. The highest BCUT2D eigenvalue weighted by Crippen LogP contribution is 2.17. The van der Waals surface area contributed by atoms with Crippen LogP contribution in [0.15, 0.2) is 52.8 Å². The predicted molar refractivity (Wildman–Crippen MR) is 98.4 cm³/mol. The first-order valence-corrected chi connectivity index (χ1v) is 8.83. The van der Waals surface area contributed by atoms with Crippen molar-refractivity contribution in [1.82, 2.24) is 10.6 Å². The molecule has 0 aliphatic carbocycles. The van der Waals surface area contributed by atoms with Crippen LogP contribution in [0.25, 0.3) is 0 Å². The van der Waals surface area contributed by atoms with Gasteiger partial charge in [0.15, 0.2) is 5.96 Å². The van der Waals surface area contributed by atoms with Crippen LogP contribution in [0.4, 0.5) is 0 Å². The monoisotopic (exact) mass is 331 g/mol. The van der Waals surface area contributed by atoms with Gasteiger partial charge < -0.3 is 15.4 Å². The molecule has 1 heterocycles. The third-order valence-electron chi connectivity index (χ3n) is 3.55. The summed E-state index contributed by atoms with van der Waals surface area (Å²) in [6, 6.07) is 14.3. The van der Waals surface area contributed by atoms with Gasteiger partial charge in [0.25, 0.3) is 0 Å². The molecule has 5 heteroatoms. The van der Waals surface area contributed by atoms with Crippen LogP contribution in [0.5, 0.6) is 5.75 Å². The number of thiophene rings is 1. The van der Waals surface area contributed by atoms with E-state index in [2.05, 4.69) is 47.0 Å². The Morgan fingerprint density at radius 2 is 2.00 bits per heavy atom. The second-order valence-electron chi connectivity index (χ2n) is 5.30. The predicted octanol–water partition coefficient (Wildman–Crippen LogP) is 3.83. The maximum Gasteiger partial charge on any atom is 0.191 e. The molecular formula is C18H25N3OS. The summed E-state index contributed by atoms with van der Waals surface area (Å²) in [5.74, 6) is 1.69. The molecule has 4 nitrogen and oxygen atoms in total. The van der Waals surface area contributed by atoms with Crippen molar-refractivity contribution in [3.05, 3.63) is 52.7 Å². The SMILES string of the molecule is CCC(CNC(=NC)NC(C)c1cccs1)Oc1ccccc1. The highest BCUT2D eigenvalue weighted by atomic mass is 32.1. The van der Waals surface area contributed by atoms with Crippen molar-refractivity contribution in [2.45, 2.75) is 32.4 Å². The number of nitrogens with one attached hydrogen (secondary N) is 2. The zero-order valence-electron chi connectivity index (χ0n) is 14.0. The molecule has 0 radical (unpaired) electrons. The molecule has 0 amide bonds. The van der Waals surface area contributed by atoms with Crippen molar-refractivity contribution in [2.75, 3.05) is 13.6 Å². The van der Waals surface area contributed by atoms with Crippen LogP contribution >= 0.6 is 11.3 Å². The Morgan fingerprint density at radius 1 is 1.22 bits per heavy atom. The van der Waals surface area contributed by atoms with E-state index in [0.717, 1.165) is 18.1 Å². The molecule has 0 fully saturated rings. The van der Waals surface area contributed by atoms with Gasteiger partial charge >= 0.3 is 0 Å². The molecule has 2 rings (SSSR count). The lowest BCUT2D eigenvalue weighted by Crippen LogP contribution is -2.43. The van der Waals surface area contributed by atoms with Gasteiger partial charge in [-0.1, -0.05) is 31.2 Å². The van der Waals surface area contributed by atoms with Crippen LogP contribution in [0.2, 0.25) is 0 Å². The zero-order valence-corrected chi connectivity index (χ0v) is 14.8. The average Bonchev–Trinajstić information content (AvgIpc) is 3.12. The second kappa shape index (κ2) is 9.20. The number of aliphatic imine (C=N–C) groups is 1. The maximum absolute atomic E-state index is 5.99. The third-order valence-corrected chi connectivity index (χ3v) is 4.60. The number of para-hydroxylation sites is 1. The maximum atomic E-state index is 5.99. The van der Waals surface area contributed by atoms with Crippen LogP contribution in [-0.2, 0) is 0 Å². The lowest BCUT2D eigenvalue weighted by atomic mass is 10.2. The number of guanidine groups is 1. The minimum absolute atomic E-state index is 0.105. The van der Waals surface area contributed by atoms with Gasteiger partial charge in [-0.05, 0) is 36.9 Å². The van der Waals surface area contributed by atoms with Crippen molar-refractivity contribution in [3.8, 4) is 5.75 Å². The summed E-state index contributed by atoms with van der Waals surface area (Å²) in [4.78, 5) is 5.59. The first-order chi connectivity index (χ1) is 11.2. The molecule has 0 spiro atoms. The molecule has 0 bridgehead atoms. The van der Waals surface area contributed by atoms with E-state index >= 15 is 0 Å². The largest absolute Gasteiger partial charge is 0.489 e. The summed E-state index contributed by atoms with van der Waals surface area (Å²) in [5.41, 5.74) is 0.